The molecule has 146 valence electrons. The van der Waals surface area contributed by atoms with Crippen LogP contribution in [0.2, 0.25) is 0 Å². The number of carbonyl (C=O) groups is 1. The maximum absolute atomic E-state index is 12.6. The first-order valence-electron chi connectivity index (χ1n) is 8.11. The standard InChI is InChI=1S/C19H15F3N2O4/c1-24-14-8-3-2-7-13(14)15(16(25)18(24)27)17(26)23-10-11-5-4-6-12(9-11)28-19(20,21)22/h2-9,25H,10H2,1H3,(H,23,26). The van der Waals surface area contributed by atoms with E-state index in [9.17, 15) is 27.9 Å². The molecule has 6 nitrogen and oxygen atoms in total. The van der Waals surface area contributed by atoms with Gasteiger partial charge in [-0.2, -0.15) is 0 Å². The normalized spacial score (nSPS) is 11.4. The van der Waals surface area contributed by atoms with Crippen LogP contribution in [0.25, 0.3) is 10.9 Å². The van der Waals surface area contributed by atoms with Gasteiger partial charge in [0.1, 0.15) is 5.75 Å². The topological polar surface area (TPSA) is 80.6 Å². The zero-order valence-corrected chi connectivity index (χ0v) is 14.6. The van der Waals surface area contributed by atoms with Gasteiger partial charge in [-0.3, -0.25) is 9.59 Å². The molecule has 2 aromatic carbocycles. The van der Waals surface area contributed by atoms with Crippen LogP contribution in [0.1, 0.15) is 15.9 Å². The zero-order valence-electron chi connectivity index (χ0n) is 14.6. The molecule has 0 aliphatic carbocycles. The van der Waals surface area contributed by atoms with Gasteiger partial charge in [-0.25, -0.2) is 0 Å². The highest BCUT2D eigenvalue weighted by atomic mass is 19.4. The number of carbonyl (C=O) groups excluding carboxylic acids is 1. The number of benzene rings is 2. The molecule has 3 aromatic rings. The van der Waals surface area contributed by atoms with Crippen LogP contribution in [-0.4, -0.2) is 21.9 Å². The van der Waals surface area contributed by atoms with Crippen molar-refractivity contribution >= 4 is 16.8 Å². The Hall–Kier alpha value is -3.49. The minimum atomic E-state index is -4.82. The van der Waals surface area contributed by atoms with Crippen LogP contribution in [0.3, 0.4) is 0 Å². The van der Waals surface area contributed by atoms with Crippen LogP contribution < -0.4 is 15.6 Å². The summed E-state index contributed by atoms with van der Waals surface area (Å²) in [6.07, 6.45) is -4.82. The summed E-state index contributed by atoms with van der Waals surface area (Å²) in [5.74, 6) is -1.84. The van der Waals surface area contributed by atoms with Gasteiger partial charge in [0, 0.05) is 19.0 Å². The average molecular weight is 392 g/mol. The van der Waals surface area contributed by atoms with Gasteiger partial charge in [-0.1, -0.05) is 30.3 Å². The maximum Gasteiger partial charge on any atom is 0.573 e. The number of ether oxygens (including phenoxy) is 1. The molecule has 0 radical (unpaired) electrons. The molecular weight excluding hydrogens is 377 g/mol. The highest BCUT2D eigenvalue weighted by Crippen LogP contribution is 2.25. The molecule has 0 unspecified atom stereocenters. The second-order valence-electron chi connectivity index (χ2n) is 5.98. The van der Waals surface area contributed by atoms with Crippen LogP contribution in [0.4, 0.5) is 13.2 Å². The lowest BCUT2D eigenvalue weighted by Crippen LogP contribution is -2.27. The summed E-state index contributed by atoms with van der Waals surface area (Å²) in [6, 6.07) is 11.7. The molecule has 2 N–H and O–H groups in total. The number of hydrogen-bond donors (Lipinski definition) is 2. The minimum absolute atomic E-state index is 0.128. The largest absolute Gasteiger partial charge is 0.573 e. The van der Waals surface area contributed by atoms with E-state index in [4.69, 9.17) is 0 Å². The number of amides is 1. The first kappa shape index (κ1) is 19.3. The maximum atomic E-state index is 12.6. The van der Waals surface area contributed by atoms with Gasteiger partial charge in [0.25, 0.3) is 11.5 Å². The quantitative estimate of drug-likeness (QED) is 0.715. The molecular formula is C19H15F3N2O4. The van der Waals surface area contributed by atoms with E-state index in [-0.39, 0.29) is 12.1 Å². The predicted octanol–water partition coefficient (Wildman–Crippen LogP) is 3.07. The fraction of sp³-hybridized carbons (Fsp3) is 0.158. The van der Waals surface area contributed by atoms with Gasteiger partial charge < -0.3 is 19.7 Å². The molecule has 1 amide bonds. The molecule has 1 heterocycles. The summed E-state index contributed by atoms with van der Waals surface area (Å²) in [5.41, 5.74) is -0.121. The van der Waals surface area contributed by atoms with Gasteiger partial charge in [0.15, 0.2) is 5.75 Å². The minimum Gasteiger partial charge on any atom is -0.502 e. The van der Waals surface area contributed by atoms with Gasteiger partial charge in [-0.15, -0.1) is 13.2 Å². The van der Waals surface area contributed by atoms with Crippen LogP contribution >= 0.6 is 0 Å². The fourth-order valence-electron chi connectivity index (χ4n) is 2.83. The number of nitrogens with zero attached hydrogens (tertiary/aromatic N) is 1. The van der Waals surface area contributed by atoms with Crippen LogP contribution in [-0.2, 0) is 13.6 Å². The fourth-order valence-corrected chi connectivity index (χ4v) is 2.83. The molecule has 0 fully saturated rings. The van der Waals surface area contributed by atoms with E-state index in [1.54, 1.807) is 24.3 Å². The van der Waals surface area contributed by atoms with Crippen molar-refractivity contribution in [2.24, 2.45) is 7.05 Å². The highest BCUT2D eigenvalue weighted by molar-refractivity contribution is 6.08. The number of nitrogens with one attached hydrogen (secondary N) is 1. The Balaban J connectivity index is 1.87. The molecule has 1 aromatic heterocycles. The second kappa shape index (κ2) is 7.26. The summed E-state index contributed by atoms with van der Waals surface area (Å²) in [5, 5.41) is 13.0. The van der Waals surface area contributed by atoms with E-state index >= 15 is 0 Å². The van der Waals surface area contributed by atoms with E-state index in [2.05, 4.69) is 10.1 Å². The summed E-state index contributed by atoms with van der Waals surface area (Å²) < 4.78 is 42.0. The van der Waals surface area contributed by atoms with E-state index in [0.717, 1.165) is 12.1 Å². The lowest BCUT2D eigenvalue weighted by molar-refractivity contribution is -0.274. The Morgan fingerprint density at radius 2 is 1.89 bits per heavy atom. The lowest BCUT2D eigenvalue weighted by Gasteiger charge is -2.13. The number of hydrogen-bond acceptors (Lipinski definition) is 4. The van der Waals surface area contributed by atoms with E-state index in [1.807, 2.05) is 0 Å². The summed E-state index contributed by atoms with van der Waals surface area (Å²) in [6.45, 7) is -0.128. The van der Waals surface area contributed by atoms with Gasteiger partial charge in [0.05, 0.1) is 11.1 Å². The number of aryl methyl sites for hydroxylation is 1. The number of para-hydroxylation sites is 1. The predicted molar refractivity (Wildman–Crippen MR) is 95.1 cm³/mol. The van der Waals surface area contributed by atoms with E-state index in [1.165, 1.54) is 23.7 Å². The number of alkyl halides is 3. The Morgan fingerprint density at radius 3 is 2.61 bits per heavy atom. The smallest absolute Gasteiger partial charge is 0.502 e. The average Bonchev–Trinajstić information content (AvgIpc) is 2.64. The number of aromatic hydroxyl groups is 1. The van der Waals surface area contributed by atoms with E-state index in [0.29, 0.717) is 16.5 Å². The van der Waals surface area contributed by atoms with Crippen LogP contribution in [0, 0.1) is 0 Å². The molecule has 0 aliphatic rings. The van der Waals surface area contributed by atoms with Gasteiger partial charge in [-0.05, 0) is 23.8 Å². The number of pyridine rings is 1. The molecule has 3 rings (SSSR count). The third-order valence-electron chi connectivity index (χ3n) is 4.09. The van der Waals surface area contributed by atoms with Crippen molar-refractivity contribution in [1.29, 1.82) is 0 Å². The number of fused-ring (bicyclic) bond motifs is 1. The van der Waals surface area contributed by atoms with Crippen molar-refractivity contribution in [2.45, 2.75) is 12.9 Å². The van der Waals surface area contributed by atoms with Crippen molar-refractivity contribution in [3.63, 3.8) is 0 Å². The molecule has 0 atom stereocenters. The highest BCUT2D eigenvalue weighted by Gasteiger charge is 2.31. The van der Waals surface area contributed by atoms with Crippen molar-refractivity contribution in [3.8, 4) is 11.5 Å². The summed E-state index contributed by atoms with van der Waals surface area (Å²) in [7, 11) is 1.47. The summed E-state index contributed by atoms with van der Waals surface area (Å²) >= 11 is 0. The first-order chi connectivity index (χ1) is 13.2. The lowest BCUT2D eigenvalue weighted by atomic mass is 10.1. The number of aromatic nitrogens is 1. The van der Waals surface area contributed by atoms with Gasteiger partial charge in [0.2, 0.25) is 0 Å². The zero-order chi connectivity index (χ0) is 20.5. The van der Waals surface area contributed by atoms with Crippen LogP contribution in [0.15, 0.2) is 53.3 Å². The Labute approximate surface area is 156 Å². The summed E-state index contributed by atoms with van der Waals surface area (Å²) in [4.78, 5) is 24.8. The molecule has 0 aliphatic heterocycles. The van der Waals surface area contributed by atoms with Crippen molar-refractivity contribution in [3.05, 3.63) is 70.0 Å². The Bertz CT molecular complexity index is 1110. The van der Waals surface area contributed by atoms with E-state index < -0.39 is 29.3 Å². The van der Waals surface area contributed by atoms with Crippen LogP contribution in [0.5, 0.6) is 11.5 Å². The second-order valence-corrected chi connectivity index (χ2v) is 5.98. The molecule has 9 heteroatoms. The molecule has 0 bridgehead atoms. The third-order valence-corrected chi connectivity index (χ3v) is 4.09. The van der Waals surface area contributed by atoms with Crippen molar-refractivity contribution in [2.75, 3.05) is 0 Å². The number of halogens is 3. The monoisotopic (exact) mass is 392 g/mol. The molecule has 28 heavy (non-hydrogen) atoms. The number of rotatable bonds is 4. The molecule has 0 saturated carbocycles. The Kier molecular flexibility index (Phi) is 5.00. The molecule has 0 saturated heterocycles. The first-order valence-corrected chi connectivity index (χ1v) is 8.11. The van der Waals surface area contributed by atoms with Gasteiger partial charge >= 0.3 is 6.36 Å². The Morgan fingerprint density at radius 1 is 1.18 bits per heavy atom. The SMILES string of the molecule is Cn1c(=O)c(O)c(C(=O)NCc2cccc(OC(F)(F)F)c2)c2ccccc21. The molecule has 0 spiro atoms. The third kappa shape index (κ3) is 3.93. The van der Waals surface area contributed by atoms with Crippen molar-refractivity contribution in [1.82, 2.24) is 9.88 Å². The van der Waals surface area contributed by atoms with Crippen molar-refractivity contribution < 1.29 is 27.8 Å².